The van der Waals surface area contributed by atoms with E-state index in [0.29, 0.717) is 0 Å². The second-order valence-electron chi connectivity index (χ2n) is 2.88. The molecule has 0 saturated heterocycles. The largest absolute Gasteiger partial charge is 0.143 e. The van der Waals surface area contributed by atoms with Gasteiger partial charge in [-0.2, -0.15) is 0 Å². The zero-order valence-corrected chi connectivity index (χ0v) is 12.0. The third-order valence-corrected chi connectivity index (χ3v) is 2.38. The van der Waals surface area contributed by atoms with E-state index in [-0.39, 0.29) is 0 Å². The molecule has 0 saturated carbocycles. The summed E-state index contributed by atoms with van der Waals surface area (Å²) in [6, 6.07) is 18.4. The topological polar surface area (TPSA) is 0 Å². The number of benzene rings is 2. The normalized spacial score (nSPS) is 8.29. The van der Waals surface area contributed by atoms with E-state index >= 15 is 0 Å². The first-order valence-corrected chi connectivity index (χ1v) is 6.66. The lowest BCUT2D eigenvalue weighted by Crippen LogP contribution is -1.77. The molecule has 0 fully saturated rings. The molecule has 0 aliphatic carbocycles. The summed E-state index contributed by atoms with van der Waals surface area (Å²) in [4.78, 5) is 1.02. The molecule has 0 N–H and O–H groups in total. The van der Waals surface area contributed by atoms with E-state index in [9.17, 15) is 0 Å². The van der Waals surface area contributed by atoms with Crippen molar-refractivity contribution in [2.24, 2.45) is 0 Å². The number of hydrogen-bond donors (Lipinski definition) is 1. The maximum atomic E-state index is 4.41. The van der Waals surface area contributed by atoms with E-state index in [0.717, 1.165) is 4.90 Å². The first-order valence-electron chi connectivity index (χ1n) is 6.21. The Balaban J connectivity index is 0.000000581. The van der Waals surface area contributed by atoms with Gasteiger partial charge in [0.25, 0.3) is 0 Å². The SMILES string of the molecule is CC.CC.Sc1ccccc1-c1ccccc1. The lowest BCUT2D eigenvalue weighted by Gasteiger charge is -2.03. The fraction of sp³-hybridized carbons (Fsp3) is 0.250. The van der Waals surface area contributed by atoms with Gasteiger partial charge < -0.3 is 0 Å². The molecule has 0 heterocycles. The van der Waals surface area contributed by atoms with Gasteiger partial charge in [0.05, 0.1) is 0 Å². The van der Waals surface area contributed by atoms with Gasteiger partial charge in [-0.3, -0.25) is 0 Å². The molecule has 17 heavy (non-hydrogen) atoms. The minimum atomic E-state index is 1.02. The molecular weight excluding hydrogens is 224 g/mol. The standard InChI is InChI=1S/C12H10S.2C2H6/c13-12-9-5-4-8-11(12)10-6-2-1-3-7-10;2*1-2/h1-9,13H;2*1-2H3. The van der Waals surface area contributed by atoms with Gasteiger partial charge in [-0.25, -0.2) is 0 Å². The summed E-state index contributed by atoms with van der Waals surface area (Å²) < 4.78 is 0. The van der Waals surface area contributed by atoms with Gasteiger partial charge in [0.2, 0.25) is 0 Å². The van der Waals surface area contributed by atoms with Crippen LogP contribution in [0.5, 0.6) is 0 Å². The Morgan fingerprint density at radius 1 is 0.647 bits per heavy atom. The number of rotatable bonds is 1. The van der Waals surface area contributed by atoms with Crippen LogP contribution in [-0.2, 0) is 0 Å². The Kier molecular flexibility index (Phi) is 9.27. The van der Waals surface area contributed by atoms with Crippen LogP contribution in [-0.4, -0.2) is 0 Å². The van der Waals surface area contributed by atoms with Crippen molar-refractivity contribution < 1.29 is 0 Å². The van der Waals surface area contributed by atoms with Gasteiger partial charge in [-0.15, -0.1) is 12.6 Å². The zero-order chi connectivity index (χ0) is 13.1. The summed E-state index contributed by atoms with van der Waals surface area (Å²) in [5, 5.41) is 0. The second kappa shape index (κ2) is 9.98. The van der Waals surface area contributed by atoms with Crippen LogP contribution < -0.4 is 0 Å². The maximum Gasteiger partial charge on any atom is 0.0119 e. The van der Waals surface area contributed by atoms with E-state index < -0.39 is 0 Å². The van der Waals surface area contributed by atoms with Gasteiger partial charge in [-0.1, -0.05) is 76.2 Å². The molecular formula is C16H22S. The Labute approximate surface area is 111 Å². The summed E-state index contributed by atoms with van der Waals surface area (Å²) in [5.74, 6) is 0. The molecule has 0 aromatic heterocycles. The molecule has 0 nitrogen and oxygen atoms in total. The molecule has 0 spiro atoms. The molecule has 92 valence electrons. The Morgan fingerprint density at radius 2 is 1.12 bits per heavy atom. The van der Waals surface area contributed by atoms with Crippen LogP contribution >= 0.6 is 12.6 Å². The summed E-state index contributed by atoms with van der Waals surface area (Å²) in [5.41, 5.74) is 2.40. The first-order chi connectivity index (χ1) is 8.38. The van der Waals surface area contributed by atoms with Crippen LogP contribution in [0, 0.1) is 0 Å². The third kappa shape index (κ3) is 5.10. The summed E-state index contributed by atoms with van der Waals surface area (Å²) in [6.45, 7) is 8.00. The van der Waals surface area contributed by atoms with Gasteiger partial charge in [0, 0.05) is 4.90 Å². The van der Waals surface area contributed by atoms with E-state index in [1.165, 1.54) is 11.1 Å². The lowest BCUT2D eigenvalue weighted by atomic mass is 10.1. The lowest BCUT2D eigenvalue weighted by molar-refractivity contribution is 1.46. The number of thiol groups is 1. The van der Waals surface area contributed by atoms with E-state index in [1.54, 1.807) is 0 Å². The molecule has 0 amide bonds. The molecule has 2 aromatic carbocycles. The second-order valence-corrected chi connectivity index (χ2v) is 3.36. The van der Waals surface area contributed by atoms with Crippen molar-refractivity contribution in [1.29, 1.82) is 0 Å². The van der Waals surface area contributed by atoms with Crippen molar-refractivity contribution in [3.8, 4) is 11.1 Å². The van der Waals surface area contributed by atoms with Crippen LogP contribution in [0.25, 0.3) is 11.1 Å². The van der Waals surface area contributed by atoms with Crippen molar-refractivity contribution in [1.82, 2.24) is 0 Å². The average Bonchev–Trinajstić information content (AvgIpc) is 2.45. The molecule has 0 aliphatic rings. The zero-order valence-electron chi connectivity index (χ0n) is 11.1. The third-order valence-electron chi connectivity index (χ3n) is 1.99. The Bertz CT molecular complexity index is 393. The van der Waals surface area contributed by atoms with Crippen molar-refractivity contribution >= 4 is 12.6 Å². The minimum absolute atomic E-state index is 1.02. The van der Waals surface area contributed by atoms with E-state index in [2.05, 4.69) is 30.8 Å². The van der Waals surface area contributed by atoms with Gasteiger partial charge in [-0.05, 0) is 17.2 Å². The summed E-state index contributed by atoms with van der Waals surface area (Å²) >= 11 is 4.41. The predicted molar refractivity (Wildman–Crippen MR) is 81.8 cm³/mol. The molecule has 0 bridgehead atoms. The van der Waals surface area contributed by atoms with Crippen LogP contribution in [0.4, 0.5) is 0 Å². The van der Waals surface area contributed by atoms with Crippen LogP contribution in [0.1, 0.15) is 27.7 Å². The minimum Gasteiger partial charge on any atom is -0.143 e. The fourth-order valence-corrected chi connectivity index (χ4v) is 1.63. The molecule has 1 heteroatoms. The van der Waals surface area contributed by atoms with E-state index in [1.807, 2.05) is 64.1 Å². The highest BCUT2D eigenvalue weighted by molar-refractivity contribution is 7.80. The Hall–Kier alpha value is -1.21. The highest BCUT2D eigenvalue weighted by Crippen LogP contribution is 2.25. The maximum absolute atomic E-state index is 4.41. The van der Waals surface area contributed by atoms with Crippen molar-refractivity contribution in [2.75, 3.05) is 0 Å². The highest BCUT2D eigenvalue weighted by Gasteiger charge is 1.98. The smallest absolute Gasteiger partial charge is 0.0119 e. The van der Waals surface area contributed by atoms with Gasteiger partial charge in [0.15, 0.2) is 0 Å². The molecule has 0 unspecified atom stereocenters. The van der Waals surface area contributed by atoms with Crippen molar-refractivity contribution in [2.45, 2.75) is 32.6 Å². The van der Waals surface area contributed by atoms with Gasteiger partial charge in [0.1, 0.15) is 0 Å². The molecule has 2 aromatic rings. The molecule has 0 atom stereocenters. The van der Waals surface area contributed by atoms with E-state index in [4.69, 9.17) is 0 Å². The van der Waals surface area contributed by atoms with Crippen LogP contribution in [0.2, 0.25) is 0 Å². The summed E-state index contributed by atoms with van der Waals surface area (Å²) in [7, 11) is 0. The molecule has 0 aliphatic heterocycles. The Morgan fingerprint density at radius 3 is 1.65 bits per heavy atom. The molecule has 2 rings (SSSR count). The average molecular weight is 246 g/mol. The fourth-order valence-electron chi connectivity index (χ4n) is 1.34. The van der Waals surface area contributed by atoms with Gasteiger partial charge >= 0.3 is 0 Å². The first kappa shape index (κ1) is 15.8. The summed E-state index contributed by atoms with van der Waals surface area (Å²) in [6.07, 6.45) is 0. The van der Waals surface area contributed by atoms with Crippen molar-refractivity contribution in [3.63, 3.8) is 0 Å². The molecule has 0 radical (unpaired) electrons. The highest BCUT2D eigenvalue weighted by atomic mass is 32.1. The van der Waals surface area contributed by atoms with Crippen LogP contribution in [0.15, 0.2) is 59.5 Å². The monoisotopic (exact) mass is 246 g/mol. The quantitative estimate of drug-likeness (QED) is 0.613. The number of hydrogen-bond acceptors (Lipinski definition) is 1. The van der Waals surface area contributed by atoms with Crippen LogP contribution in [0.3, 0.4) is 0 Å². The predicted octanol–water partition coefficient (Wildman–Crippen LogP) is 5.69. The van der Waals surface area contributed by atoms with Crippen molar-refractivity contribution in [3.05, 3.63) is 54.6 Å².